The molecule has 0 radical (unpaired) electrons. The smallest absolute Gasteiger partial charge is 0.142 e. The number of nitrogens with one attached hydrogen (secondary N) is 1. The topological polar surface area (TPSA) is 60.0 Å². The molecule has 3 rings (SSSR count). The van der Waals surface area contributed by atoms with Crippen LogP contribution in [0.5, 0.6) is 11.5 Å². The van der Waals surface area contributed by atoms with E-state index in [1.165, 1.54) is 0 Å². The number of fused-ring (bicyclic) bond motifs is 1. The number of aromatic nitrogens is 3. The monoisotopic (exact) mass is 291 g/mol. The van der Waals surface area contributed by atoms with Crippen LogP contribution >= 0.6 is 12.4 Å². The third kappa shape index (κ3) is 2.40. The molecule has 0 saturated carbocycles. The number of hydrogen-bond donors (Lipinski definition) is 1. The van der Waals surface area contributed by atoms with Crippen molar-refractivity contribution in [2.45, 2.75) is 0 Å². The number of nitrogens with zero attached hydrogens (tertiary/aromatic N) is 2. The Morgan fingerprint density at radius 3 is 2.65 bits per heavy atom. The first-order chi connectivity index (χ1) is 9.31. The van der Waals surface area contributed by atoms with Gasteiger partial charge >= 0.3 is 0 Å². The number of imidazole rings is 1. The SMILES string of the molecule is COc1ccc(-c2nc3cnccc3[nH]2)c(OC)c1.Cl. The van der Waals surface area contributed by atoms with Gasteiger partial charge in [-0.05, 0) is 18.2 Å². The van der Waals surface area contributed by atoms with Gasteiger partial charge in [0.15, 0.2) is 0 Å². The summed E-state index contributed by atoms with van der Waals surface area (Å²) in [6.07, 6.45) is 3.46. The number of H-pyrrole nitrogens is 1. The van der Waals surface area contributed by atoms with E-state index in [0.29, 0.717) is 5.75 Å². The lowest BCUT2D eigenvalue weighted by molar-refractivity contribution is 0.395. The van der Waals surface area contributed by atoms with E-state index < -0.39 is 0 Å². The van der Waals surface area contributed by atoms with Crippen molar-refractivity contribution in [1.82, 2.24) is 15.0 Å². The lowest BCUT2D eigenvalue weighted by atomic mass is 10.2. The standard InChI is InChI=1S/C14H13N3O2.ClH/c1-18-9-3-4-10(13(7-9)19-2)14-16-11-5-6-15-8-12(11)17-14;/h3-8H,1-2H3,(H,16,17);1H. The number of aromatic amines is 1. The van der Waals surface area contributed by atoms with Crippen LogP contribution in [0.2, 0.25) is 0 Å². The molecule has 2 aromatic heterocycles. The first-order valence-electron chi connectivity index (χ1n) is 5.84. The molecular formula is C14H14ClN3O2. The van der Waals surface area contributed by atoms with Crippen LogP contribution in [0.15, 0.2) is 36.7 Å². The summed E-state index contributed by atoms with van der Waals surface area (Å²) in [5.74, 6) is 2.22. The highest BCUT2D eigenvalue weighted by molar-refractivity contribution is 5.85. The zero-order valence-corrected chi connectivity index (χ0v) is 11.9. The fourth-order valence-corrected chi connectivity index (χ4v) is 1.98. The third-order valence-corrected chi connectivity index (χ3v) is 2.95. The van der Waals surface area contributed by atoms with Crippen molar-refractivity contribution in [2.75, 3.05) is 14.2 Å². The molecule has 2 heterocycles. The third-order valence-electron chi connectivity index (χ3n) is 2.95. The molecule has 5 nitrogen and oxygen atoms in total. The molecule has 0 spiro atoms. The maximum absolute atomic E-state index is 5.38. The minimum absolute atomic E-state index is 0. The lowest BCUT2D eigenvalue weighted by Gasteiger charge is -2.08. The number of pyridine rings is 1. The van der Waals surface area contributed by atoms with Crippen LogP contribution in [0.4, 0.5) is 0 Å². The molecular weight excluding hydrogens is 278 g/mol. The molecule has 0 unspecified atom stereocenters. The van der Waals surface area contributed by atoms with Crippen LogP contribution in [0.25, 0.3) is 22.4 Å². The van der Waals surface area contributed by atoms with Crippen LogP contribution in [0, 0.1) is 0 Å². The summed E-state index contributed by atoms with van der Waals surface area (Å²) < 4.78 is 10.6. The van der Waals surface area contributed by atoms with Crippen LogP contribution in [0.1, 0.15) is 0 Å². The maximum atomic E-state index is 5.38. The van der Waals surface area contributed by atoms with Crippen molar-refractivity contribution in [3.05, 3.63) is 36.7 Å². The quantitative estimate of drug-likeness (QED) is 0.805. The van der Waals surface area contributed by atoms with Crippen molar-refractivity contribution in [3.63, 3.8) is 0 Å². The normalized spacial score (nSPS) is 10.1. The van der Waals surface area contributed by atoms with Gasteiger partial charge in [-0.3, -0.25) is 4.98 Å². The second kappa shape index (κ2) is 5.79. The number of halogens is 1. The minimum Gasteiger partial charge on any atom is -0.497 e. The van der Waals surface area contributed by atoms with Gasteiger partial charge in [-0.1, -0.05) is 0 Å². The Labute approximate surface area is 122 Å². The molecule has 3 aromatic rings. The fraction of sp³-hybridized carbons (Fsp3) is 0.143. The summed E-state index contributed by atoms with van der Waals surface area (Å²) in [4.78, 5) is 11.8. The Morgan fingerprint density at radius 1 is 1.10 bits per heavy atom. The summed E-state index contributed by atoms with van der Waals surface area (Å²) >= 11 is 0. The van der Waals surface area contributed by atoms with Gasteiger partial charge in [-0.15, -0.1) is 12.4 Å². The number of methoxy groups -OCH3 is 2. The zero-order chi connectivity index (χ0) is 13.2. The number of rotatable bonds is 3. The van der Waals surface area contributed by atoms with Crippen LogP contribution < -0.4 is 9.47 Å². The van der Waals surface area contributed by atoms with E-state index in [1.807, 2.05) is 24.3 Å². The molecule has 0 fully saturated rings. The van der Waals surface area contributed by atoms with E-state index in [0.717, 1.165) is 28.2 Å². The summed E-state index contributed by atoms with van der Waals surface area (Å²) in [5.41, 5.74) is 2.66. The van der Waals surface area contributed by atoms with Gasteiger partial charge in [-0.2, -0.15) is 0 Å². The largest absolute Gasteiger partial charge is 0.497 e. The average molecular weight is 292 g/mol. The number of hydrogen-bond acceptors (Lipinski definition) is 4. The van der Waals surface area contributed by atoms with E-state index in [9.17, 15) is 0 Å². The van der Waals surface area contributed by atoms with Crippen molar-refractivity contribution in [3.8, 4) is 22.9 Å². The molecule has 104 valence electrons. The van der Waals surface area contributed by atoms with Gasteiger partial charge in [0, 0.05) is 12.3 Å². The van der Waals surface area contributed by atoms with E-state index >= 15 is 0 Å². The van der Waals surface area contributed by atoms with Gasteiger partial charge in [0.2, 0.25) is 0 Å². The van der Waals surface area contributed by atoms with Crippen LogP contribution in [-0.2, 0) is 0 Å². The fourth-order valence-electron chi connectivity index (χ4n) is 1.98. The van der Waals surface area contributed by atoms with Crippen molar-refractivity contribution in [1.29, 1.82) is 0 Å². The molecule has 0 bridgehead atoms. The number of benzene rings is 1. The van der Waals surface area contributed by atoms with Gasteiger partial charge in [0.25, 0.3) is 0 Å². The molecule has 6 heteroatoms. The molecule has 20 heavy (non-hydrogen) atoms. The second-order valence-corrected chi connectivity index (χ2v) is 4.04. The number of ether oxygens (including phenoxy) is 2. The summed E-state index contributed by atoms with van der Waals surface area (Å²) in [5, 5.41) is 0. The lowest BCUT2D eigenvalue weighted by Crippen LogP contribution is -1.91. The van der Waals surface area contributed by atoms with E-state index in [1.54, 1.807) is 26.6 Å². The highest BCUT2D eigenvalue weighted by Crippen LogP contribution is 2.32. The van der Waals surface area contributed by atoms with Crippen molar-refractivity contribution >= 4 is 23.4 Å². The Morgan fingerprint density at radius 2 is 1.95 bits per heavy atom. The molecule has 1 aromatic carbocycles. The predicted molar refractivity (Wildman–Crippen MR) is 79.7 cm³/mol. The average Bonchev–Trinajstić information content (AvgIpc) is 2.90. The highest BCUT2D eigenvalue weighted by Gasteiger charge is 2.11. The summed E-state index contributed by atoms with van der Waals surface area (Å²) in [7, 11) is 3.25. The second-order valence-electron chi connectivity index (χ2n) is 4.04. The zero-order valence-electron chi connectivity index (χ0n) is 11.1. The van der Waals surface area contributed by atoms with Gasteiger partial charge in [-0.25, -0.2) is 4.98 Å². The molecule has 0 aliphatic rings. The molecule has 0 atom stereocenters. The maximum Gasteiger partial charge on any atom is 0.142 e. The first kappa shape index (κ1) is 14.1. The summed E-state index contributed by atoms with van der Waals surface area (Å²) in [6.45, 7) is 0. The van der Waals surface area contributed by atoms with Crippen molar-refractivity contribution in [2.24, 2.45) is 0 Å². The minimum atomic E-state index is 0. The Balaban J connectivity index is 0.00000147. The van der Waals surface area contributed by atoms with Gasteiger partial charge in [0.1, 0.15) is 22.8 Å². The Hall–Kier alpha value is -2.27. The van der Waals surface area contributed by atoms with E-state index in [4.69, 9.17) is 9.47 Å². The highest BCUT2D eigenvalue weighted by atomic mass is 35.5. The molecule has 0 aliphatic carbocycles. The Kier molecular flexibility index (Phi) is 4.10. The molecule has 0 aliphatic heterocycles. The molecule has 1 N–H and O–H groups in total. The van der Waals surface area contributed by atoms with Crippen LogP contribution in [0.3, 0.4) is 0 Å². The predicted octanol–water partition coefficient (Wildman–Crippen LogP) is 3.06. The molecule has 0 saturated heterocycles. The first-order valence-corrected chi connectivity index (χ1v) is 5.84. The van der Waals surface area contributed by atoms with Gasteiger partial charge in [0.05, 0.1) is 31.5 Å². The van der Waals surface area contributed by atoms with E-state index in [-0.39, 0.29) is 12.4 Å². The Bertz CT molecular complexity index is 694. The van der Waals surface area contributed by atoms with Gasteiger partial charge < -0.3 is 14.5 Å². The molecule has 0 amide bonds. The van der Waals surface area contributed by atoms with Crippen molar-refractivity contribution < 1.29 is 9.47 Å². The summed E-state index contributed by atoms with van der Waals surface area (Å²) in [6, 6.07) is 7.52. The van der Waals surface area contributed by atoms with E-state index in [2.05, 4.69) is 15.0 Å². The van der Waals surface area contributed by atoms with Crippen LogP contribution in [-0.4, -0.2) is 29.2 Å².